The first-order valence-electron chi connectivity index (χ1n) is 6.55. The molecule has 0 unspecified atom stereocenters. The second kappa shape index (κ2) is 6.20. The summed E-state index contributed by atoms with van der Waals surface area (Å²) in [5.41, 5.74) is 2.51. The molecule has 4 nitrogen and oxygen atoms in total. The number of hydrogen-bond acceptors (Lipinski definition) is 3. The van der Waals surface area contributed by atoms with Gasteiger partial charge in [0, 0.05) is 12.1 Å². The third-order valence-electron chi connectivity index (χ3n) is 3.16. The van der Waals surface area contributed by atoms with Crippen molar-refractivity contribution in [1.82, 2.24) is 4.72 Å². The van der Waals surface area contributed by atoms with E-state index in [1.807, 2.05) is 31.2 Å². The Hall–Kier alpha value is -1.98. The second-order valence-corrected chi connectivity index (χ2v) is 6.66. The lowest BCUT2D eigenvalue weighted by Gasteiger charge is -2.07. The number of nitrogens with one attached hydrogen (secondary N) is 1. The number of benzene rings is 2. The summed E-state index contributed by atoms with van der Waals surface area (Å²) in [6.07, 6.45) is 0. The molecular weight excluding hydrogens is 286 g/mol. The maximum atomic E-state index is 12.2. The smallest absolute Gasteiger partial charge is 0.240 e. The highest BCUT2D eigenvalue weighted by Gasteiger charge is 2.13. The van der Waals surface area contributed by atoms with Gasteiger partial charge in [0.05, 0.1) is 4.90 Å². The summed E-state index contributed by atoms with van der Waals surface area (Å²) in [4.78, 5) is 11.3. The van der Waals surface area contributed by atoms with Crippen LogP contribution >= 0.6 is 0 Å². The van der Waals surface area contributed by atoms with Gasteiger partial charge in [-0.2, -0.15) is 0 Å². The molecule has 0 saturated carbocycles. The molecule has 0 heterocycles. The van der Waals surface area contributed by atoms with E-state index in [0.29, 0.717) is 5.56 Å². The van der Waals surface area contributed by atoms with Crippen LogP contribution in [0.1, 0.15) is 28.4 Å². The van der Waals surface area contributed by atoms with E-state index in [9.17, 15) is 13.2 Å². The Kier molecular flexibility index (Phi) is 4.55. The Labute approximate surface area is 124 Å². The van der Waals surface area contributed by atoms with Crippen LogP contribution in [0.15, 0.2) is 53.4 Å². The zero-order chi connectivity index (χ0) is 15.5. The summed E-state index contributed by atoms with van der Waals surface area (Å²) in [5.74, 6) is -0.0911. The highest BCUT2D eigenvalue weighted by molar-refractivity contribution is 7.89. The zero-order valence-corrected chi connectivity index (χ0v) is 12.8. The van der Waals surface area contributed by atoms with E-state index >= 15 is 0 Å². The maximum absolute atomic E-state index is 12.2. The van der Waals surface area contributed by atoms with Crippen LogP contribution in [0.2, 0.25) is 0 Å². The van der Waals surface area contributed by atoms with Gasteiger partial charge in [-0.25, -0.2) is 13.1 Å². The molecule has 0 amide bonds. The van der Waals surface area contributed by atoms with E-state index in [2.05, 4.69) is 4.72 Å². The minimum atomic E-state index is -3.57. The van der Waals surface area contributed by atoms with E-state index in [1.54, 1.807) is 0 Å². The van der Waals surface area contributed by atoms with Crippen molar-refractivity contribution in [2.45, 2.75) is 25.3 Å². The highest BCUT2D eigenvalue weighted by Crippen LogP contribution is 2.12. The molecule has 0 aromatic heterocycles. The number of Topliss-reactive ketones (excluding diaryl/α,β-unsaturated/α-hetero) is 1. The van der Waals surface area contributed by atoms with Crippen LogP contribution in [-0.2, 0) is 16.6 Å². The van der Waals surface area contributed by atoms with Gasteiger partial charge in [0.25, 0.3) is 0 Å². The van der Waals surface area contributed by atoms with Crippen LogP contribution < -0.4 is 4.72 Å². The summed E-state index contributed by atoms with van der Waals surface area (Å²) >= 11 is 0. The zero-order valence-electron chi connectivity index (χ0n) is 12.0. The van der Waals surface area contributed by atoms with E-state index < -0.39 is 10.0 Å². The molecule has 2 aromatic rings. The first-order chi connectivity index (χ1) is 9.88. The normalized spacial score (nSPS) is 11.3. The number of ketones is 1. The molecule has 2 aromatic carbocycles. The van der Waals surface area contributed by atoms with E-state index in [1.165, 1.54) is 31.2 Å². The Morgan fingerprint density at radius 2 is 1.57 bits per heavy atom. The van der Waals surface area contributed by atoms with Crippen LogP contribution in [0.25, 0.3) is 0 Å². The molecule has 0 saturated heterocycles. The molecule has 0 aliphatic rings. The molecule has 1 N–H and O–H groups in total. The lowest BCUT2D eigenvalue weighted by Crippen LogP contribution is -2.23. The molecule has 21 heavy (non-hydrogen) atoms. The fourth-order valence-corrected chi connectivity index (χ4v) is 2.85. The van der Waals surface area contributed by atoms with Gasteiger partial charge in [-0.05, 0) is 31.5 Å². The summed E-state index contributed by atoms with van der Waals surface area (Å²) < 4.78 is 26.9. The SMILES string of the molecule is CC(=O)c1ccc(S(=O)(=O)NCc2ccc(C)cc2)cc1. The van der Waals surface area contributed by atoms with Gasteiger partial charge < -0.3 is 0 Å². The average Bonchev–Trinajstić information content (AvgIpc) is 2.47. The molecule has 0 fully saturated rings. The van der Waals surface area contributed by atoms with Gasteiger partial charge >= 0.3 is 0 Å². The van der Waals surface area contributed by atoms with Crippen molar-refractivity contribution in [3.05, 3.63) is 65.2 Å². The Morgan fingerprint density at radius 3 is 2.10 bits per heavy atom. The fourth-order valence-electron chi connectivity index (χ4n) is 1.84. The highest BCUT2D eigenvalue weighted by atomic mass is 32.2. The van der Waals surface area contributed by atoms with E-state index in [-0.39, 0.29) is 17.2 Å². The Balaban J connectivity index is 2.11. The van der Waals surface area contributed by atoms with Gasteiger partial charge in [0.1, 0.15) is 0 Å². The van der Waals surface area contributed by atoms with Crippen LogP contribution in [0.3, 0.4) is 0 Å². The first-order valence-corrected chi connectivity index (χ1v) is 8.03. The van der Waals surface area contributed by atoms with Gasteiger partial charge in [0.2, 0.25) is 10.0 Å². The molecule has 0 atom stereocenters. The van der Waals surface area contributed by atoms with Gasteiger partial charge in [-0.15, -0.1) is 0 Å². The third-order valence-corrected chi connectivity index (χ3v) is 4.58. The van der Waals surface area contributed by atoms with Crippen LogP contribution in [0.5, 0.6) is 0 Å². The van der Waals surface area contributed by atoms with Gasteiger partial charge in [-0.1, -0.05) is 42.0 Å². The van der Waals surface area contributed by atoms with Crippen molar-refractivity contribution in [2.24, 2.45) is 0 Å². The number of aryl methyl sites for hydroxylation is 1. The number of hydrogen-bond donors (Lipinski definition) is 1. The van der Waals surface area contributed by atoms with Crippen molar-refractivity contribution in [3.8, 4) is 0 Å². The topological polar surface area (TPSA) is 63.2 Å². The minimum absolute atomic E-state index is 0.0911. The lowest BCUT2D eigenvalue weighted by molar-refractivity contribution is 0.101. The molecule has 0 bridgehead atoms. The van der Waals surface area contributed by atoms with Crippen molar-refractivity contribution >= 4 is 15.8 Å². The second-order valence-electron chi connectivity index (χ2n) is 4.89. The molecule has 0 spiro atoms. The lowest BCUT2D eigenvalue weighted by atomic mass is 10.2. The van der Waals surface area contributed by atoms with Crippen LogP contribution in [-0.4, -0.2) is 14.2 Å². The van der Waals surface area contributed by atoms with E-state index in [4.69, 9.17) is 0 Å². The molecular formula is C16H17NO3S. The van der Waals surface area contributed by atoms with Crippen molar-refractivity contribution in [3.63, 3.8) is 0 Å². The Morgan fingerprint density at radius 1 is 1.00 bits per heavy atom. The molecule has 0 aliphatic heterocycles. The molecule has 0 radical (unpaired) electrons. The van der Waals surface area contributed by atoms with Gasteiger partial charge in [0.15, 0.2) is 5.78 Å². The fraction of sp³-hybridized carbons (Fsp3) is 0.188. The third kappa shape index (κ3) is 4.00. The largest absolute Gasteiger partial charge is 0.295 e. The summed E-state index contributed by atoms with van der Waals surface area (Å²) in [5, 5.41) is 0. The summed E-state index contributed by atoms with van der Waals surface area (Å²) in [6.45, 7) is 3.65. The van der Waals surface area contributed by atoms with Crippen LogP contribution in [0.4, 0.5) is 0 Å². The molecule has 110 valence electrons. The number of sulfonamides is 1. The monoisotopic (exact) mass is 303 g/mol. The van der Waals surface area contributed by atoms with Crippen molar-refractivity contribution in [1.29, 1.82) is 0 Å². The molecule has 2 rings (SSSR count). The average molecular weight is 303 g/mol. The maximum Gasteiger partial charge on any atom is 0.240 e. The minimum Gasteiger partial charge on any atom is -0.295 e. The van der Waals surface area contributed by atoms with Crippen molar-refractivity contribution < 1.29 is 13.2 Å². The standard InChI is InChI=1S/C16H17NO3S/c1-12-3-5-14(6-4-12)11-17-21(19,20)16-9-7-15(8-10-16)13(2)18/h3-10,17H,11H2,1-2H3. The molecule has 5 heteroatoms. The first kappa shape index (κ1) is 15.4. The predicted molar refractivity (Wildman–Crippen MR) is 81.7 cm³/mol. The van der Waals surface area contributed by atoms with Crippen molar-refractivity contribution in [2.75, 3.05) is 0 Å². The summed E-state index contributed by atoms with van der Waals surface area (Å²) in [7, 11) is -3.57. The number of carbonyl (C=O) groups excluding carboxylic acids is 1. The number of carbonyl (C=O) groups is 1. The Bertz CT molecular complexity index is 732. The van der Waals surface area contributed by atoms with Crippen LogP contribution in [0, 0.1) is 6.92 Å². The molecule has 0 aliphatic carbocycles. The number of rotatable bonds is 5. The predicted octanol–water partition coefficient (Wildman–Crippen LogP) is 2.68. The quantitative estimate of drug-likeness (QED) is 0.864. The van der Waals surface area contributed by atoms with Gasteiger partial charge in [-0.3, -0.25) is 4.79 Å². The summed E-state index contributed by atoms with van der Waals surface area (Å²) in [6, 6.07) is 13.6. The van der Waals surface area contributed by atoms with E-state index in [0.717, 1.165) is 11.1 Å².